The van der Waals surface area contributed by atoms with Gasteiger partial charge in [0.25, 0.3) is 6.01 Å². The highest BCUT2D eigenvalue weighted by Gasteiger charge is 2.12. The van der Waals surface area contributed by atoms with E-state index in [1.807, 2.05) is 11.9 Å². The number of aromatic carboxylic acids is 1. The van der Waals surface area contributed by atoms with Gasteiger partial charge in [-0.1, -0.05) is 19.8 Å². The second kappa shape index (κ2) is 5.73. The van der Waals surface area contributed by atoms with Crippen LogP contribution in [0.5, 0.6) is 0 Å². The van der Waals surface area contributed by atoms with Gasteiger partial charge < -0.3 is 14.4 Å². The molecule has 0 radical (unpaired) electrons. The van der Waals surface area contributed by atoms with E-state index in [0.29, 0.717) is 17.1 Å². The molecule has 5 nitrogen and oxygen atoms in total. The molecule has 2 rings (SSSR count). The van der Waals surface area contributed by atoms with Crippen molar-refractivity contribution in [2.45, 2.75) is 26.2 Å². The Bertz CT molecular complexity index is 577. The first kappa shape index (κ1) is 13.4. The predicted molar refractivity (Wildman–Crippen MR) is 73.8 cm³/mol. The van der Waals surface area contributed by atoms with E-state index in [4.69, 9.17) is 9.52 Å². The topological polar surface area (TPSA) is 66.6 Å². The van der Waals surface area contributed by atoms with Crippen molar-refractivity contribution < 1.29 is 14.3 Å². The molecule has 0 fully saturated rings. The maximum atomic E-state index is 10.9. The minimum atomic E-state index is -0.962. The van der Waals surface area contributed by atoms with Crippen LogP contribution in [0.1, 0.15) is 36.5 Å². The zero-order chi connectivity index (χ0) is 13.8. The summed E-state index contributed by atoms with van der Waals surface area (Å²) in [7, 11) is 1.93. The van der Waals surface area contributed by atoms with Gasteiger partial charge in [-0.25, -0.2) is 4.79 Å². The van der Waals surface area contributed by atoms with Crippen molar-refractivity contribution in [2.24, 2.45) is 0 Å². The largest absolute Gasteiger partial charge is 0.478 e. The van der Waals surface area contributed by atoms with Crippen molar-refractivity contribution in [3.05, 3.63) is 23.8 Å². The molecule has 0 aliphatic rings. The Morgan fingerprint density at radius 3 is 2.89 bits per heavy atom. The maximum absolute atomic E-state index is 10.9. The average molecular weight is 262 g/mol. The molecule has 0 spiro atoms. The monoisotopic (exact) mass is 262 g/mol. The number of carboxylic acid groups (broad SMARTS) is 1. The molecular formula is C14H18N2O3. The lowest BCUT2D eigenvalue weighted by Crippen LogP contribution is -2.18. The lowest BCUT2D eigenvalue weighted by molar-refractivity contribution is 0.0697. The fourth-order valence-corrected chi connectivity index (χ4v) is 1.90. The van der Waals surface area contributed by atoms with Gasteiger partial charge in [0.1, 0.15) is 5.52 Å². The van der Waals surface area contributed by atoms with Gasteiger partial charge in [-0.2, -0.15) is 4.98 Å². The third kappa shape index (κ3) is 3.05. The molecule has 0 aliphatic heterocycles. The van der Waals surface area contributed by atoms with Gasteiger partial charge in [-0.05, 0) is 24.6 Å². The highest BCUT2D eigenvalue weighted by molar-refractivity contribution is 5.92. The molecular weight excluding hydrogens is 244 g/mol. The summed E-state index contributed by atoms with van der Waals surface area (Å²) < 4.78 is 5.60. The SMILES string of the molecule is CCCCCN(C)c1nc2ccc(C(=O)O)cc2o1. The molecule has 5 heteroatoms. The summed E-state index contributed by atoms with van der Waals surface area (Å²) >= 11 is 0. The molecule has 1 heterocycles. The zero-order valence-electron chi connectivity index (χ0n) is 11.2. The van der Waals surface area contributed by atoms with Gasteiger partial charge in [0, 0.05) is 13.6 Å². The van der Waals surface area contributed by atoms with Crippen LogP contribution in [0.4, 0.5) is 6.01 Å². The van der Waals surface area contributed by atoms with E-state index in [2.05, 4.69) is 11.9 Å². The maximum Gasteiger partial charge on any atom is 0.335 e. The number of fused-ring (bicyclic) bond motifs is 1. The van der Waals surface area contributed by atoms with Crippen molar-refractivity contribution in [3.63, 3.8) is 0 Å². The Hall–Kier alpha value is -2.04. The van der Waals surface area contributed by atoms with Crippen molar-refractivity contribution in [1.82, 2.24) is 4.98 Å². The van der Waals surface area contributed by atoms with Crippen LogP contribution >= 0.6 is 0 Å². The van der Waals surface area contributed by atoms with Crippen LogP contribution in [0.2, 0.25) is 0 Å². The molecule has 0 saturated carbocycles. The van der Waals surface area contributed by atoms with Crippen LogP contribution in [-0.2, 0) is 0 Å². The summed E-state index contributed by atoms with van der Waals surface area (Å²) in [5.74, 6) is -0.962. The van der Waals surface area contributed by atoms with E-state index in [1.54, 1.807) is 6.07 Å². The molecule has 1 N–H and O–H groups in total. The van der Waals surface area contributed by atoms with E-state index < -0.39 is 5.97 Å². The smallest absolute Gasteiger partial charge is 0.335 e. The lowest BCUT2D eigenvalue weighted by Gasteiger charge is -2.13. The number of benzene rings is 1. The first-order chi connectivity index (χ1) is 9.11. The first-order valence-electron chi connectivity index (χ1n) is 6.47. The normalized spacial score (nSPS) is 10.8. The number of hydrogen-bond donors (Lipinski definition) is 1. The zero-order valence-corrected chi connectivity index (χ0v) is 11.2. The summed E-state index contributed by atoms with van der Waals surface area (Å²) in [4.78, 5) is 17.2. The third-order valence-electron chi connectivity index (χ3n) is 3.05. The van der Waals surface area contributed by atoms with Crippen LogP contribution in [0.25, 0.3) is 11.1 Å². The number of nitrogens with zero attached hydrogens (tertiary/aromatic N) is 2. The highest BCUT2D eigenvalue weighted by Crippen LogP contribution is 2.22. The summed E-state index contributed by atoms with van der Waals surface area (Å²) in [6.07, 6.45) is 3.43. The quantitative estimate of drug-likeness (QED) is 0.810. The van der Waals surface area contributed by atoms with Crippen molar-refractivity contribution in [1.29, 1.82) is 0 Å². The van der Waals surface area contributed by atoms with Gasteiger partial charge in [0.15, 0.2) is 5.58 Å². The average Bonchev–Trinajstić information content (AvgIpc) is 2.81. The molecule has 1 aromatic heterocycles. The Kier molecular flexibility index (Phi) is 4.04. The highest BCUT2D eigenvalue weighted by atomic mass is 16.4. The lowest BCUT2D eigenvalue weighted by atomic mass is 10.2. The number of rotatable bonds is 6. The molecule has 0 saturated heterocycles. The Morgan fingerprint density at radius 1 is 1.42 bits per heavy atom. The van der Waals surface area contributed by atoms with Crippen LogP contribution in [0.15, 0.2) is 22.6 Å². The van der Waals surface area contributed by atoms with Crippen molar-refractivity contribution in [2.75, 3.05) is 18.5 Å². The van der Waals surface area contributed by atoms with Gasteiger partial charge in [-0.3, -0.25) is 0 Å². The third-order valence-corrected chi connectivity index (χ3v) is 3.05. The molecule has 0 unspecified atom stereocenters. The molecule has 1 aromatic carbocycles. The number of aromatic nitrogens is 1. The van der Waals surface area contributed by atoms with E-state index in [1.165, 1.54) is 25.0 Å². The molecule has 2 aromatic rings. The molecule has 0 amide bonds. The van der Waals surface area contributed by atoms with Crippen molar-refractivity contribution in [3.8, 4) is 0 Å². The molecule has 0 aliphatic carbocycles. The molecule has 0 atom stereocenters. The van der Waals surface area contributed by atoms with Gasteiger partial charge in [-0.15, -0.1) is 0 Å². The minimum absolute atomic E-state index is 0.212. The van der Waals surface area contributed by atoms with Crippen LogP contribution in [0.3, 0.4) is 0 Å². The second-order valence-electron chi connectivity index (χ2n) is 4.61. The number of unbranched alkanes of at least 4 members (excludes halogenated alkanes) is 2. The van der Waals surface area contributed by atoms with Crippen LogP contribution in [0, 0.1) is 0 Å². The molecule has 0 bridgehead atoms. The van der Waals surface area contributed by atoms with Crippen LogP contribution < -0.4 is 4.90 Å². The number of anilines is 1. The minimum Gasteiger partial charge on any atom is -0.478 e. The van der Waals surface area contributed by atoms with Gasteiger partial charge in [0.05, 0.1) is 5.56 Å². The standard InChI is InChI=1S/C14H18N2O3/c1-3-4-5-8-16(2)14-15-11-7-6-10(13(17)18)9-12(11)19-14/h6-7,9H,3-5,8H2,1-2H3,(H,17,18). The number of carbonyl (C=O) groups is 1. The Labute approximate surface area is 111 Å². The van der Waals surface area contributed by atoms with E-state index in [0.717, 1.165) is 13.0 Å². The fourth-order valence-electron chi connectivity index (χ4n) is 1.90. The van der Waals surface area contributed by atoms with Gasteiger partial charge in [0.2, 0.25) is 0 Å². The van der Waals surface area contributed by atoms with E-state index in [-0.39, 0.29) is 5.56 Å². The molecule has 19 heavy (non-hydrogen) atoms. The summed E-state index contributed by atoms with van der Waals surface area (Å²) in [5, 5.41) is 8.93. The first-order valence-corrected chi connectivity index (χ1v) is 6.47. The predicted octanol–water partition coefficient (Wildman–Crippen LogP) is 3.15. The summed E-state index contributed by atoms with van der Waals surface area (Å²) in [6.45, 7) is 3.04. The Morgan fingerprint density at radius 2 is 2.21 bits per heavy atom. The number of oxazole rings is 1. The molecule has 102 valence electrons. The number of carboxylic acids is 1. The summed E-state index contributed by atoms with van der Waals surface area (Å²) in [5.41, 5.74) is 1.41. The summed E-state index contributed by atoms with van der Waals surface area (Å²) in [6, 6.07) is 5.25. The second-order valence-corrected chi connectivity index (χ2v) is 4.61. The van der Waals surface area contributed by atoms with Gasteiger partial charge >= 0.3 is 5.97 Å². The number of hydrogen-bond acceptors (Lipinski definition) is 4. The van der Waals surface area contributed by atoms with E-state index >= 15 is 0 Å². The Balaban J connectivity index is 2.18. The van der Waals surface area contributed by atoms with Crippen molar-refractivity contribution >= 4 is 23.1 Å². The van der Waals surface area contributed by atoms with Crippen LogP contribution in [-0.4, -0.2) is 29.7 Å². The fraction of sp³-hybridized carbons (Fsp3) is 0.429. The van der Waals surface area contributed by atoms with E-state index in [9.17, 15) is 4.79 Å².